The Bertz CT molecular complexity index is 872. The summed E-state index contributed by atoms with van der Waals surface area (Å²) in [7, 11) is 0. The highest BCUT2D eigenvalue weighted by Gasteiger charge is 2.25. The van der Waals surface area contributed by atoms with Gasteiger partial charge in [-0.05, 0) is 46.6 Å². The summed E-state index contributed by atoms with van der Waals surface area (Å²) in [6.45, 7) is 16.2. The summed E-state index contributed by atoms with van der Waals surface area (Å²) in [5, 5.41) is 3.31. The topological polar surface area (TPSA) is 95.2 Å². The SMILES string of the molecule is CCCCNc1cc2c([nH]c(=O)n2CCCCN2CCN(C(C)(C)C)CC2)c(N)n1. The Hall–Kier alpha value is -2.06. The van der Waals surface area contributed by atoms with E-state index >= 15 is 0 Å². The van der Waals surface area contributed by atoms with Crippen molar-refractivity contribution in [3.63, 3.8) is 0 Å². The Labute approximate surface area is 179 Å². The van der Waals surface area contributed by atoms with E-state index in [1.807, 2.05) is 6.07 Å². The molecule has 0 saturated carbocycles. The number of aryl methyl sites for hydroxylation is 1. The average molecular weight is 418 g/mol. The number of hydrogen-bond acceptors (Lipinski definition) is 6. The maximum Gasteiger partial charge on any atom is 0.326 e. The molecule has 8 heteroatoms. The van der Waals surface area contributed by atoms with Gasteiger partial charge in [-0.3, -0.25) is 9.47 Å². The number of nitrogen functional groups attached to an aromatic ring is 1. The van der Waals surface area contributed by atoms with Crippen molar-refractivity contribution in [2.24, 2.45) is 0 Å². The van der Waals surface area contributed by atoms with Gasteiger partial charge in [-0.2, -0.15) is 0 Å². The lowest BCUT2D eigenvalue weighted by molar-refractivity contribution is 0.0615. The largest absolute Gasteiger partial charge is 0.382 e. The molecule has 0 bridgehead atoms. The zero-order valence-electron chi connectivity index (χ0n) is 19.1. The van der Waals surface area contributed by atoms with Gasteiger partial charge in [0, 0.05) is 50.9 Å². The summed E-state index contributed by atoms with van der Waals surface area (Å²) in [4.78, 5) is 24.8. The van der Waals surface area contributed by atoms with Crippen LogP contribution in [-0.4, -0.2) is 69.1 Å². The first-order valence-electron chi connectivity index (χ1n) is 11.4. The van der Waals surface area contributed by atoms with Crippen LogP contribution in [0.2, 0.25) is 0 Å². The number of unbranched alkanes of at least 4 members (excludes halogenated alkanes) is 2. The number of H-pyrrole nitrogens is 1. The van der Waals surface area contributed by atoms with Gasteiger partial charge in [-0.25, -0.2) is 9.78 Å². The fourth-order valence-corrected chi connectivity index (χ4v) is 4.13. The van der Waals surface area contributed by atoms with Crippen LogP contribution < -0.4 is 16.7 Å². The quantitative estimate of drug-likeness (QED) is 0.543. The lowest BCUT2D eigenvalue weighted by atomic mass is 10.0. The highest BCUT2D eigenvalue weighted by Crippen LogP contribution is 2.21. The minimum Gasteiger partial charge on any atom is -0.382 e. The second kappa shape index (κ2) is 9.83. The third-order valence-electron chi connectivity index (χ3n) is 6.06. The number of nitrogens with zero attached hydrogens (tertiary/aromatic N) is 4. The molecule has 1 fully saturated rings. The lowest BCUT2D eigenvalue weighted by Crippen LogP contribution is -2.53. The van der Waals surface area contributed by atoms with E-state index in [1.54, 1.807) is 4.57 Å². The number of hydrogen-bond donors (Lipinski definition) is 3. The monoisotopic (exact) mass is 417 g/mol. The minimum atomic E-state index is -0.108. The number of nitrogens with two attached hydrogens (primary N) is 1. The van der Waals surface area contributed by atoms with E-state index in [0.717, 1.165) is 76.3 Å². The standard InChI is InChI=1S/C22H39N7O/c1-5-6-9-24-18-16-17-19(20(23)25-18)26-21(30)29(17)11-8-7-10-27-12-14-28(15-13-27)22(2,3)4/h16H,5-15H2,1-4H3,(H,26,30)(H3,23,24,25). The van der Waals surface area contributed by atoms with E-state index in [4.69, 9.17) is 5.73 Å². The van der Waals surface area contributed by atoms with E-state index < -0.39 is 0 Å². The first kappa shape index (κ1) is 22.6. The highest BCUT2D eigenvalue weighted by atomic mass is 16.1. The van der Waals surface area contributed by atoms with Crippen molar-refractivity contribution >= 4 is 22.7 Å². The van der Waals surface area contributed by atoms with Crippen LogP contribution in [0.3, 0.4) is 0 Å². The summed E-state index contributed by atoms with van der Waals surface area (Å²) in [6.07, 6.45) is 4.23. The maximum atomic E-state index is 12.5. The molecular formula is C22H39N7O. The summed E-state index contributed by atoms with van der Waals surface area (Å²) in [6, 6.07) is 1.94. The third kappa shape index (κ3) is 5.55. The van der Waals surface area contributed by atoms with Gasteiger partial charge in [0.1, 0.15) is 11.3 Å². The number of anilines is 2. The summed E-state index contributed by atoms with van der Waals surface area (Å²) >= 11 is 0. The highest BCUT2D eigenvalue weighted by molar-refractivity contribution is 5.87. The third-order valence-corrected chi connectivity index (χ3v) is 6.06. The van der Waals surface area contributed by atoms with Gasteiger partial charge in [0.05, 0.1) is 5.52 Å². The first-order valence-corrected chi connectivity index (χ1v) is 11.4. The van der Waals surface area contributed by atoms with Crippen molar-refractivity contribution in [3.05, 3.63) is 16.6 Å². The number of fused-ring (bicyclic) bond motifs is 1. The Morgan fingerprint density at radius 1 is 1.13 bits per heavy atom. The van der Waals surface area contributed by atoms with Crippen LogP contribution in [0.15, 0.2) is 10.9 Å². The summed E-state index contributed by atoms with van der Waals surface area (Å²) in [5.41, 5.74) is 7.71. The van der Waals surface area contributed by atoms with Gasteiger partial charge in [0.2, 0.25) is 0 Å². The minimum absolute atomic E-state index is 0.108. The van der Waals surface area contributed by atoms with Crippen LogP contribution in [-0.2, 0) is 6.54 Å². The predicted molar refractivity (Wildman–Crippen MR) is 125 cm³/mol. The zero-order chi connectivity index (χ0) is 21.7. The van der Waals surface area contributed by atoms with Crippen LogP contribution in [0.1, 0.15) is 53.4 Å². The molecule has 0 aromatic carbocycles. The number of rotatable bonds is 9. The Kier molecular flexibility index (Phi) is 7.41. The molecule has 30 heavy (non-hydrogen) atoms. The van der Waals surface area contributed by atoms with E-state index in [9.17, 15) is 4.79 Å². The molecule has 0 spiro atoms. The summed E-state index contributed by atoms with van der Waals surface area (Å²) < 4.78 is 1.80. The molecule has 3 rings (SSSR count). The number of pyridine rings is 1. The van der Waals surface area contributed by atoms with Gasteiger partial charge in [-0.1, -0.05) is 13.3 Å². The molecular weight excluding hydrogens is 378 g/mol. The smallest absolute Gasteiger partial charge is 0.326 e. The van der Waals surface area contributed by atoms with Gasteiger partial charge in [-0.15, -0.1) is 0 Å². The average Bonchev–Trinajstić information content (AvgIpc) is 3.01. The molecule has 3 heterocycles. The van der Waals surface area contributed by atoms with Crippen molar-refractivity contribution < 1.29 is 0 Å². The van der Waals surface area contributed by atoms with E-state index in [1.165, 1.54) is 0 Å². The number of aromatic nitrogens is 3. The fraction of sp³-hybridized carbons (Fsp3) is 0.727. The Balaban J connectivity index is 1.54. The van der Waals surface area contributed by atoms with Gasteiger partial charge < -0.3 is 20.9 Å². The fourth-order valence-electron chi connectivity index (χ4n) is 4.13. The Morgan fingerprint density at radius 3 is 2.50 bits per heavy atom. The van der Waals surface area contributed by atoms with Crippen molar-refractivity contribution in [3.8, 4) is 0 Å². The zero-order valence-corrected chi connectivity index (χ0v) is 19.1. The Morgan fingerprint density at radius 2 is 1.83 bits per heavy atom. The molecule has 0 atom stereocenters. The van der Waals surface area contributed by atoms with Crippen LogP contribution in [0.25, 0.3) is 11.0 Å². The summed E-state index contributed by atoms with van der Waals surface area (Å²) in [5.74, 6) is 1.11. The first-order chi connectivity index (χ1) is 14.3. The van der Waals surface area contributed by atoms with Crippen LogP contribution in [0.5, 0.6) is 0 Å². The molecule has 168 valence electrons. The molecule has 0 aliphatic carbocycles. The maximum absolute atomic E-state index is 12.5. The van der Waals surface area contributed by atoms with Crippen molar-refractivity contribution in [1.29, 1.82) is 0 Å². The van der Waals surface area contributed by atoms with Crippen LogP contribution in [0, 0.1) is 0 Å². The van der Waals surface area contributed by atoms with Crippen molar-refractivity contribution in [2.75, 3.05) is 50.3 Å². The molecule has 1 aliphatic heterocycles. The predicted octanol–water partition coefficient (Wildman–Crippen LogP) is 2.72. The van der Waals surface area contributed by atoms with Crippen molar-refractivity contribution in [1.82, 2.24) is 24.3 Å². The molecule has 8 nitrogen and oxygen atoms in total. The number of piperazine rings is 1. The normalized spacial score (nSPS) is 16.4. The molecule has 0 amide bonds. The molecule has 1 aliphatic rings. The molecule has 2 aromatic heterocycles. The molecule has 0 radical (unpaired) electrons. The number of nitrogens with one attached hydrogen (secondary N) is 2. The van der Waals surface area contributed by atoms with Crippen LogP contribution >= 0.6 is 0 Å². The van der Waals surface area contributed by atoms with Gasteiger partial charge in [0.15, 0.2) is 5.82 Å². The second-order valence-electron chi connectivity index (χ2n) is 9.36. The van der Waals surface area contributed by atoms with E-state index in [0.29, 0.717) is 17.9 Å². The molecule has 4 N–H and O–H groups in total. The molecule has 1 saturated heterocycles. The van der Waals surface area contributed by atoms with Crippen molar-refractivity contribution in [2.45, 2.75) is 65.5 Å². The second-order valence-corrected chi connectivity index (χ2v) is 9.36. The van der Waals surface area contributed by atoms with E-state index in [-0.39, 0.29) is 11.2 Å². The van der Waals surface area contributed by atoms with E-state index in [2.05, 4.69) is 52.8 Å². The number of aromatic amines is 1. The van der Waals surface area contributed by atoms with Gasteiger partial charge >= 0.3 is 5.69 Å². The molecule has 0 unspecified atom stereocenters. The van der Waals surface area contributed by atoms with Crippen LogP contribution in [0.4, 0.5) is 11.6 Å². The number of imidazole rings is 1. The lowest BCUT2D eigenvalue weighted by Gasteiger charge is -2.42. The van der Waals surface area contributed by atoms with Gasteiger partial charge in [0.25, 0.3) is 0 Å². The molecule has 2 aromatic rings.